The number of aromatic nitrogens is 2. The van der Waals surface area contributed by atoms with Crippen molar-refractivity contribution in [1.82, 2.24) is 9.97 Å². The number of nitrogens with zero attached hydrogens (tertiary/aromatic N) is 2. The van der Waals surface area contributed by atoms with Crippen LogP contribution in [-0.2, 0) is 4.74 Å². The molecule has 0 aliphatic carbocycles. The summed E-state index contributed by atoms with van der Waals surface area (Å²) < 4.78 is 5.31. The highest BCUT2D eigenvalue weighted by Crippen LogP contribution is 2.33. The first-order chi connectivity index (χ1) is 7.20. The van der Waals surface area contributed by atoms with Gasteiger partial charge in [-0.15, -0.1) is 0 Å². The van der Waals surface area contributed by atoms with Crippen LogP contribution in [0.5, 0.6) is 0 Å². The molecule has 0 unspecified atom stereocenters. The minimum atomic E-state index is -0.340. The van der Waals surface area contributed by atoms with E-state index in [0.29, 0.717) is 6.42 Å². The standard InChI is InChI=1S/C9H11N3O3/c10-9-11-2-5(3-12-9)7-1-6(14)8(4-13)15-7/h2-3,7,13-14H,1,4H2,(H2,10,11,12)/t7-/m1/s1. The molecule has 0 fully saturated rings. The lowest BCUT2D eigenvalue weighted by Gasteiger charge is -2.10. The number of anilines is 1. The van der Waals surface area contributed by atoms with E-state index in [0.717, 1.165) is 5.56 Å². The van der Waals surface area contributed by atoms with Gasteiger partial charge in [-0.05, 0) is 0 Å². The lowest BCUT2D eigenvalue weighted by atomic mass is 10.1. The smallest absolute Gasteiger partial charge is 0.219 e. The van der Waals surface area contributed by atoms with Crippen LogP contribution in [0.2, 0.25) is 0 Å². The van der Waals surface area contributed by atoms with Crippen molar-refractivity contribution < 1.29 is 14.9 Å². The quantitative estimate of drug-likeness (QED) is 0.646. The minimum absolute atomic E-state index is 0.0688. The van der Waals surface area contributed by atoms with Gasteiger partial charge in [-0.25, -0.2) is 9.97 Å². The monoisotopic (exact) mass is 209 g/mol. The predicted octanol–water partition coefficient (Wildman–Crippen LogP) is 0.282. The van der Waals surface area contributed by atoms with Gasteiger partial charge in [-0.3, -0.25) is 0 Å². The number of hydrogen-bond donors (Lipinski definition) is 3. The average molecular weight is 209 g/mol. The van der Waals surface area contributed by atoms with Crippen molar-refractivity contribution in [1.29, 1.82) is 0 Å². The van der Waals surface area contributed by atoms with Crippen molar-refractivity contribution in [2.24, 2.45) is 0 Å². The van der Waals surface area contributed by atoms with Gasteiger partial charge in [0.25, 0.3) is 0 Å². The summed E-state index contributed by atoms with van der Waals surface area (Å²) in [4.78, 5) is 7.65. The normalized spacial score (nSPS) is 20.5. The maximum absolute atomic E-state index is 9.40. The molecule has 0 saturated heterocycles. The van der Waals surface area contributed by atoms with Gasteiger partial charge in [-0.1, -0.05) is 0 Å². The molecule has 4 N–H and O–H groups in total. The van der Waals surface area contributed by atoms with Crippen LogP contribution in [0.1, 0.15) is 18.1 Å². The van der Waals surface area contributed by atoms with Crippen molar-refractivity contribution in [3.8, 4) is 0 Å². The van der Waals surface area contributed by atoms with Crippen LogP contribution in [0.4, 0.5) is 5.95 Å². The van der Waals surface area contributed by atoms with Crippen LogP contribution in [0, 0.1) is 0 Å². The van der Waals surface area contributed by atoms with Gasteiger partial charge in [0.2, 0.25) is 5.95 Å². The zero-order valence-corrected chi connectivity index (χ0v) is 7.92. The summed E-state index contributed by atoms with van der Waals surface area (Å²) in [6.07, 6.45) is 3.07. The van der Waals surface area contributed by atoms with Crippen molar-refractivity contribution in [3.63, 3.8) is 0 Å². The molecule has 2 rings (SSSR count). The summed E-state index contributed by atoms with van der Waals surface area (Å²) in [6, 6.07) is 0. The van der Waals surface area contributed by atoms with Gasteiger partial charge in [0.1, 0.15) is 18.5 Å². The summed E-state index contributed by atoms with van der Waals surface area (Å²) in [5, 5.41) is 18.3. The summed E-state index contributed by atoms with van der Waals surface area (Å²) in [7, 11) is 0. The largest absolute Gasteiger partial charge is 0.509 e. The Bertz CT molecular complexity index is 388. The molecule has 0 amide bonds. The summed E-state index contributed by atoms with van der Waals surface area (Å²) in [5.41, 5.74) is 6.06. The molecule has 80 valence electrons. The number of hydrogen-bond acceptors (Lipinski definition) is 6. The van der Waals surface area contributed by atoms with Crippen LogP contribution in [0.3, 0.4) is 0 Å². The van der Waals surface area contributed by atoms with E-state index < -0.39 is 0 Å². The molecule has 1 aliphatic rings. The van der Waals surface area contributed by atoms with Gasteiger partial charge < -0.3 is 20.7 Å². The van der Waals surface area contributed by atoms with Gasteiger partial charge in [-0.2, -0.15) is 0 Å². The van der Waals surface area contributed by atoms with Crippen LogP contribution >= 0.6 is 0 Å². The number of aliphatic hydroxyl groups excluding tert-OH is 2. The third-order valence-corrected chi connectivity index (χ3v) is 2.19. The Balaban J connectivity index is 2.13. The third-order valence-electron chi connectivity index (χ3n) is 2.19. The Morgan fingerprint density at radius 1 is 1.47 bits per heavy atom. The lowest BCUT2D eigenvalue weighted by Crippen LogP contribution is -2.02. The Hall–Kier alpha value is -1.82. The zero-order chi connectivity index (χ0) is 10.8. The molecule has 0 bridgehead atoms. The second kappa shape index (κ2) is 3.74. The first-order valence-corrected chi connectivity index (χ1v) is 4.46. The summed E-state index contributed by atoms with van der Waals surface area (Å²) in [6.45, 7) is -0.307. The fraction of sp³-hybridized carbons (Fsp3) is 0.333. The molecular formula is C9H11N3O3. The van der Waals surface area contributed by atoms with Gasteiger partial charge in [0.15, 0.2) is 5.76 Å². The van der Waals surface area contributed by atoms with Crippen LogP contribution < -0.4 is 5.73 Å². The number of nitrogen functional groups attached to an aromatic ring is 1. The molecule has 1 aromatic rings. The van der Waals surface area contributed by atoms with E-state index in [1.54, 1.807) is 12.4 Å². The molecule has 1 aliphatic heterocycles. The molecule has 1 aromatic heterocycles. The minimum Gasteiger partial charge on any atom is -0.509 e. The van der Waals surface area contributed by atoms with E-state index >= 15 is 0 Å². The van der Waals surface area contributed by atoms with Crippen LogP contribution in [0.25, 0.3) is 0 Å². The molecule has 15 heavy (non-hydrogen) atoms. The first kappa shape index (κ1) is 9.72. The molecule has 0 saturated carbocycles. The van der Waals surface area contributed by atoms with E-state index in [1.807, 2.05) is 0 Å². The number of nitrogens with two attached hydrogens (primary N) is 1. The van der Waals surface area contributed by atoms with Crippen LogP contribution in [0.15, 0.2) is 23.9 Å². The van der Waals surface area contributed by atoms with Crippen molar-refractivity contribution in [3.05, 3.63) is 29.5 Å². The van der Waals surface area contributed by atoms with Crippen molar-refractivity contribution in [2.75, 3.05) is 12.3 Å². The van der Waals surface area contributed by atoms with Crippen molar-refractivity contribution >= 4 is 5.95 Å². The van der Waals surface area contributed by atoms with Gasteiger partial charge in [0.05, 0.1) is 0 Å². The summed E-state index contributed by atoms with van der Waals surface area (Å²) >= 11 is 0. The molecule has 0 spiro atoms. The highest BCUT2D eigenvalue weighted by atomic mass is 16.5. The fourth-order valence-electron chi connectivity index (χ4n) is 1.40. The Morgan fingerprint density at radius 2 is 2.13 bits per heavy atom. The summed E-state index contributed by atoms with van der Waals surface area (Å²) in [5.74, 6) is 0.465. The topological polar surface area (TPSA) is 101 Å². The maximum Gasteiger partial charge on any atom is 0.219 e. The average Bonchev–Trinajstić information content (AvgIpc) is 2.61. The lowest BCUT2D eigenvalue weighted by molar-refractivity contribution is 0.114. The predicted molar refractivity (Wildman–Crippen MR) is 51.6 cm³/mol. The highest BCUT2D eigenvalue weighted by Gasteiger charge is 2.26. The molecule has 0 radical (unpaired) electrons. The maximum atomic E-state index is 9.40. The second-order valence-corrected chi connectivity index (χ2v) is 3.21. The SMILES string of the molecule is Nc1ncc([C@H]2CC(O)=C(CO)O2)cn1. The number of rotatable bonds is 2. The second-order valence-electron chi connectivity index (χ2n) is 3.21. The Labute approximate surface area is 86.0 Å². The molecule has 2 heterocycles. The molecule has 1 atom stereocenters. The zero-order valence-electron chi connectivity index (χ0n) is 7.92. The van der Waals surface area contributed by atoms with E-state index in [4.69, 9.17) is 15.6 Å². The van der Waals surface area contributed by atoms with Crippen LogP contribution in [-0.4, -0.2) is 26.8 Å². The third kappa shape index (κ3) is 1.84. The molecule has 6 nitrogen and oxygen atoms in total. The van der Waals surface area contributed by atoms with Gasteiger partial charge in [0, 0.05) is 24.4 Å². The van der Waals surface area contributed by atoms with E-state index in [2.05, 4.69) is 9.97 Å². The van der Waals surface area contributed by atoms with E-state index in [-0.39, 0.29) is 30.2 Å². The first-order valence-electron chi connectivity index (χ1n) is 4.46. The Kier molecular flexibility index (Phi) is 2.42. The number of ether oxygens (including phenoxy) is 1. The van der Waals surface area contributed by atoms with E-state index in [9.17, 15) is 5.11 Å². The molecule has 6 heteroatoms. The molecule has 0 aromatic carbocycles. The highest BCUT2D eigenvalue weighted by molar-refractivity contribution is 5.22. The number of aliphatic hydroxyl groups is 2. The fourth-order valence-corrected chi connectivity index (χ4v) is 1.40. The van der Waals surface area contributed by atoms with Crippen molar-refractivity contribution in [2.45, 2.75) is 12.5 Å². The Morgan fingerprint density at radius 3 is 2.67 bits per heavy atom. The van der Waals surface area contributed by atoms with E-state index in [1.165, 1.54) is 0 Å². The molecular weight excluding hydrogens is 198 g/mol. The van der Waals surface area contributed by atoms with Gasteiger partial charge >= 0.3 is 0 Å².